The van der Waals surface area contributed by atoms with Gasteiger partial charge in [-0.05, 0) is 43.5 Å². The molecule has 4 N–H and O–H groups in total. The topological polar surface area (TPSA) is 55.3 Å². The van der Waals surface area contributed by atoms with Crippen molar-refractivity contribution in [1.29, 1.82) is 0 Å². The molecule has 1 aliphatic heterocycles. The third-order valence-corrected chi connectivity index (χ3v) is 3.46. The lowest BCUT2D eigenvalue weighted by molar-refractivity contribution is 0.256. The molecule has 5 heteroatoms. The molecule has 0 aromatic heterocycles. The van der Waals surface area contributed by atoms with Crippen LogP contribution in [0, 0.1) is 5.92 Å². The number of likely N-dealkylation sites (tertiary alicyclic amines) is 1. The van der Waals surface area contributed by atoms with Gasteiger partial charge >= 0.3 is 0 Å². The standard InChI is InChI=1S/C13H21N3.2ClH/c1-10-5-12(7-14)9-16(10)8-11-3-2-4-13(15)6-11;;/h2-4,6,10,12H,5,7-9,14-15H2,1H3;2*1H. The smallest absolute Gasteiger partial charge is 0.0317 e. The summed E-state index contributed by atoms with van der Waals surface area (Å²) >= 11 is 0. The van der Waals surface area contributed by atoms with Crippen LogP contribution in [0.25, 0.3) is 0 Å². The number of nitrogens with two attached hydrogens (primary N) is 2. The van der Waals surface area contributed by atoms with Crippen LogP contribution in [0.5, 0.6) is 0 Å². The molecule has 1 fully saturated rings. The van der Waals surface area contributed by atoms with E-state index in [0.717, 1.165) is 25.3 Å². The van der Waals surface area contributed by atoms with Crippen molar-refractivity contribution in [3.63, 3.8) is 0 Å². The van der Waals surface area contributed by atoms with E-state index in [1.54, 1.807) is 0 Å². The van der Waals surface area contributed by atoms with Crippen molar-refractivity contribution in [3.8, 4) is 0 Å². The van der Waals surface area contributed by atoms with Crippen molar-refractivity contribution < 1.29 is 0 Å². The quantitative estimate of drug-likeness (QED) is 0.840. The fourth-order valence-electron chi connectivity index (χ4n) is 2.53. The average molecular weight is 292 g/mol. The lowest BCUT2D eigenvalue weighted by Crippen LogP contribution is -2.27. The van der Waals surface area contributed by atoms with Gasteiger partial charge in [-0.2, -0.15) is 0 Å². The fraction of sp³-hybridized carbons (Fsp3) is 0.538. The highest BCUT2D eigenvalue weighted by Gasteiger charge is 2.27. The Labute approximate surface area is 122 Å². The monoisotopic (exact) mass is 291 g/mol. The van der Waals surface area contributed by atoms with Gasteiger partial charge in [-0.1, -0.05) is 12.1 Å². The lowest BCUT2D eigenvalue weighted by Gasteiger charge is -2.21. The third-order valence-electron chi connectivity index (χ3n) is 3.46. The summed E-state index contributed by atoms with van der Waals surface area (Å²) in [7, 11) is 0. The Kier molecular flexibility index (Phi) is 7.64. The van der Waals surface area contributed by atoms with Gasteiger partial charge in [0.05, 0.1) is 0 Å². The van der Waals surface area contributed by atoms with Crippen LogP contribution in [0.1, 0.15) is 18.9 Å². The van der Waals surface area contributed by atoms with Gasteiger partial charge in [0.2, 0.25) is 0 Å². The Bertz CT molecular complexity index is 360. The zero-order valence-electron chi connectivity index (χ0n) is 10.7. The molecule has 1 saturated heterocycles. The Balaban J connectivity index is 0.00000144. The average Bonchev–Trinajstić information content (AvgIpc) is 2.60. The van der Waals surface area contributed by atoms with Crippen molar-refractivity contribution in [2.75, 3.05) is 18.8 Å². The van der Waals surface area contributed by atoms with E-state index in [4.69, 9.17) is 11.5 Å². The van der Waals surface area contributed by atoms with E-state index in [1.807, 2.05) is 12.1 Å². The van der Waals surface area contributed by atoms with Gasteiger partial charge < -0.3 is 11.5 Å². The Morgan fingerprint density at radius 3 is 2.61 bits per heavy atom. The molecule has 1 aliphatic rings. The predicted octanol–water partition coefficient (Wildman–Crippen LogP) is 2.28. The molecule has 1 aromatic carbocycles. The highest BCUT2D eigenvalue weighted by Crippen LogP contribution is 2.24. The molecule has 0 amide bonds. The summed E-state index contributed by atoms with van der Waals surface area (Å²) in [5.74, 6) is 0.663. The van der Waals surface area contributed by atoms with Crippen LogP contribution in [0.2, 0.25) is 0 Å². The van der Waals surface area contributed by atoms with Crippen LogP contribution in [-0.4, -0.2) is 24.0 Å². The van der Waals surface area contributed by atoms with Crippen molar-refractivity contribution in [1.82, 2.24) is 4.90 Å². The van der Waals surface area contributed by atoms with Crippen molar-refractivity contribution in [2.24, 2.45) is 11.7 Å². The second-order valence-corrected chi connectivity index (χ2v) is 4.86. The highest BCUT2D eigenvalue weighted by molar-refractivity contribution is 5.85. The molecular weight excluding hydrogens is 269 g/mol. The first-order valence-corrected chi connectivity index (χ1v) is 5.97. The fourth-order valence-corrected chi connectivity index (χ4v) is 2.53. The summed E-state index contributed by atoms with van der Waals surface area (Å²) in [6.45, 7) is 5.19. The molecule has 2 unspecified atom stereocenters. The van der Waals surface area contributed by atoms with Gasteiger partial charge in [0.25, 0.3) is 0 Å². The number of benzene rings is 1. The number of hydrogen-bond donors (Lipinski definition) is 2. The van der Waals surface area contributed by atoms with Gasteiger partial charge in [-0.15, -0.1) is 24.8 Å². The van der Waals surface area contributed by atoms with Crippen molar-refractivity contribution in [2.45, 2.75) is 25.9 Å². The summed E-state index contributed by atoms with van der Waals surface area (Å²) in [6.07, 6.45) is 1.22. The minimum atomic E-state index is 0. The van der Waals surface area contributed by atoms with Crippen molar-refractivity contribution in [3.05, 3.63) is 29.8 Å². The lowest BCUT2D eigenvalue weighted by atomic mass is 10.1. The largest absolute Gasteiger partial charge is 0.399 e. The van der Waals surface area contributed by atoms with Gasteiger partial charge in [-0.3, -0.25) is 4.90 Å². The van der Waals surface area contributed by atoms with E-state index >= 15 is 0 Å². The molecule has 0 aliphatic carbocycles. The first kappa shape index (κ1) is 17.5. The van der Waals surface area contributed by atoms with E-state index in [9.17, 15) is 0 Å². The van der Waals surface area contributed by atoms with Crippen LogP contribution in [-0.2, 0) is 6.54 Å². The second-order valence-electron chi connectivity index (χ2n) is 4.86. The van der Waals surface area contributed by atoms with Crippen LogP contribution in [0.4, 0.5) is 5.69 Å². The molecule has 0 spiro atoms. The minimum Gasteiger partial charge on any atom is -0.399 e. The van der Waals surface area contributed by atoms with E-state index in [1.165, 1.54) is 12.0 Å². The number of nitrogen functional groups attached to an aromatic ring is 1. The Hall–Kier alpha value is -0.480. The maximum Gasteiger partial charge on any atom is 0.0317 e. The van der Waals surface area contributed by atoms with Crippen LogP contribution in [0.15, 0.2) is 24.3 Å². The van der Waals surface area contributed by atoms with E-state index < -0.39 is 0 Å². The first-order chi connectivity index (χ1) is 7.69. The summed E-state index contributed by atoms with van der Waals surface area (Å²) in [5.41, 5.74) is 13.7. The summed E-state index contributed by atoms with van der Waals surface area (Å²) in [6, 6.07) is 8.78. The van der Waals surface area contributed by atoms with Gasteiger partial charge in [0.1, 0.15) is 0 Å². The SMILES string of the molecule is CC1CC(CN)CN1Cc1cccc(N)c1.Cl.Cl. The van der Waals surface area contributed by atoms with Crippen LogP contribution in [0.3, 0.4) is 0 Å². The van der Waals surface area contributed by atoms with Crippen LogP contribution >= 0.6 is 24.8 Å². The summed E-state index contributed by atoms with van der Waals surface area (Å²) in [5, 5.41) is 0. The molecule has 0 bridgehead atoms. The maximum absolute atomic E-state index is 5.78. The number of nitrogens with zero attached hydrogens (tertiary/aromatic N) is 1. The zero-order valence-corrected chi connectivity index (χ0v) is 12.3. The summed E-state index contributed by atoms with van der Waals surface area (Å²) < 4.78 is 0. The van der Waals surface area contributed by atoms with Crippen molar-refractivity contribution >= 4 is 30.5 Å². The molecule has 3 nitrogen and oxygen atoms in total. The summed E-state index contributed by atoms with van der Waals surface area (Å²) in [4.78, 5) is 2.49. The third kappa shape index (κ3) is 4.32. The highest BCUT2D eigenvalue weighted by atomic mass is 35.5. The number of anilines is 1. The molecule has 2 rings (SSSR count). The number of hydrogen-bond acceptors (Lipinski definition) is 3. The van der Waals surface area contributed by atoms with Gasteiger partial charge in [0.15, 0.2) is 0 Å². The molecule has 18 heavy (non-hydrogen) atoms. The van der Waals surface area contributed by atoms with E-state index in [0.29, 0.717) is 12.0 Å². The maximum atomic E-state index is 5.78. The molecule has 0 saturated carbocycles. The predicted molar refractivity (Wildman–Crippen MR) is 82.4 cm³/mol. The minimum absolute atomic E-state index is 0. The number of halogens is 2. The molecule has 1 heterocycles. The van der Waals surface area contributed by atoms with E-state index in [2.05, 4.69) is 24.0 Å². The second kappa shape index (κ2) is 7.85. The molecule has 104 valence electrons. The zero-order chi connectivity index (χ0) is 11.5. The molecule has 1 aromatic rings. The van der Waals surface area contributed by atoms with Crippen LogP contribution < -0.4 is 11.5 Å². The molecule has 2 atom stereocenters. The van der Waals surface area contributed by atoms with E-state index in [-0.39, 0.29) is 24.8 Å². The first-order valence-electron chi connectivity index (χ1n) is 5.97. The number of rotatable bonds is 3. The molecular formula is C13H23Cl2N3. The normalized spacial score (nSPS) is 23.2. The Morgan fingerprint density at radius 1 is 1.33 bits per heavy atom. The Morgan fingerprint density at radius 2 is 2.06 bits per heavy atom. The van der Waals surface area contributed by atoms with Gasteiger partial charge in [0, 0.05) is 24.8 Å². The van der Waals surface area contributed by atoms with Gasteiger partial charge in [-0.25, -0.2) is 0 Å². The molecule has 0 radical (unpaired) electrons.